The predicted molar refractivity (Wildman–Crippen MR) is 54.3 cm³/mol. The molecule has 0 atom stereocenters. The van der Waals surface area contributed by atoms with Crippen LogP contribution >= 0.6 is 0 Å². The van der Waals surface area contributed by atoms with Gasteiger partial charge in [-0.2, -0.15) is 26.3 Å². The van der Waals surface area contributed by atoms with Crippen molar-refractivity contribution in [1.82, 2.24) is 0 Å². The van der Waals surface area contributed by atoms with Gasteiger partial charge in [0.1, 0.15) is 10.8 Å². The smallest absolute Gasteiger partial charge is 0.298 e. The lowest BCUT2D eigenvalue weighted by Gasteiger charge is -2.29. The van der Waals surface area contributed by atoms with Gasteiger partial charge in [0.15, 0.2) is 11.6 Å². The summed E-state index contributed by atoms with van der Waals surface area (Å²) in [4.78, 5) is 22.8. The molecule has 0 radical (unpaired) electrons. The fourth-order valence-corrected chi connectivity index (χ4v) is 0.904. The molecule has 0 N–H and O–H groups in total. The maximum Gasteiger partial charge on any atom is 0.400 e. The minimum Gasteiger partial charge on any atom is -0.298 e. The molecule has 0 saturated carbocycles. The molecule has 0 aromatic rings. The Morgan fingerprint density at radius 3 is 1.05 bits per heavy atom. The topological polar surface area (TPSA) is 34.1 Å². The first-order chi connectivity index (χ1) is 8.05. The van der Waals surface area contributed by atoms with Crippen LogP contribution in [-0.4, -0.2) is 23.9 Å². The molecule has 0 spiro atoms. The number of carbonyl (C=O) groups excluding carboxylic acids is 2. The fraction of sp³-hybridized carbons (Fsp3) is 0.818. The molecule has 0 heterocycles. The summed E-state index contributed by atoms with van der Waals surface area (Å²) in [6.45, 7) is 2.12. The quantitative estimate of drug-likeness (QED) is 0.585. The third-order valence-electron chi connectivity index (χ3n) is 3.13. The van der Waals surface area contributed by atoms with E-state index in [1.54, 1.807) is 0 Å². The van der Waals surface area contributed by atoms with Crippen LogP contribution in [0.2, 0.25) is 0 Å². The fourth-order valence-electron chi connectivity index (χ4n) is 0.904. The minimum atomic E-state index is -4.92. The molecule has 0 aliphatic rings. The molecule has 112 valence electrons. The molecule has 0 aliphatic carbocycles. The zero-order chi connectivity index (χ0) is 15.9. The molecule has 0 aromatic heterocycles. The van der Waals surface area contributed by atoms with E-state index in [4.69, 9.17) is 0 Å². The van der Waals surface area contributed by atoms with E-state index in [1.807, 2.05) is 0 Å². The maximum absolute atomic E-state index is 12.5. The molecule has 0 aliphatic heterocycles. The average Bonchev–Trinajstić information content (AvgIpc) is 2.13. The summed E-state index contributed by atoms with van der Waals surface area (Å²) in [5, 5.41) is 0. The first kappa shape index (κ1) is 17.9. The Morgan fingerprint density at radius 1 is 0.684 bits per heavy atom. The van der Waals surface area contributed by atoms with E-state index in [1.165, 1.54) is 0 Å². The van der Waals surface area contributed by atoms with E-state index in [0.29, 0.717) is 27.7 Å². The molecule has 0 saturated heterocycles. The molecule has 0 unspecified atom stereocenters. The number of ketones is 2. The Kier molecular flexibility index (Phi) is 4.52. The molecule has 0 rings (SSSR count). The lowest BCUT2D eigenvalue weighted by Crippen LogP contribution is -2.45. The molecule has 0 fully saturated rings. The number of hydrogen-bond donors (Lipinski definition) is 0. The van der Waals surface area contributed by atoms with Crippen LogP contribution in [0.3, 0.4) is 0 Å². The van der Waals surface area contributed by atoms with Gasteiger partial charge in [0.2, 0.25) is 0 Å². The van der Waals surface area contributed by atoms with Crippen LogP contribution in [0.4, 0.5) is 26.3 Å². The molecule has 2 nitrogen and oxygen atoms in total. The molecular formula is C11H14F6O2. The van der Waals surface area contributed by atoms with Gasteiger partial charge >= 0.3 is 12.4 Å². The van der Waals surface area contributed by atoms with E-state index in [-0.39, 0.29) is 0 Å². The highest BCUT2D eigenvalue weighted by atomic mass is 19.4. The molecular weight excluding hydrogens is 278 g/mol. The monoisotopic (exact) mass is 292 g/mol. The van der Waals surface area contributed by atoms with Gasteiger partial charge in [-0.25, -0.2) is 0 Å². The van der Waals surface area contributed by atoms with Crippen molar-refractivity contribution in [2.45, 2.75) is 46.5 Å². The zero-order valence-electron chi connectivity index (χ0n) is 10.8. The second kappa shape index (κ2) is 4.79. The first-order valence-corrected chi connectivity index (χ1v) is 5.25. The van der Waals surface area contributed by atoms with Crippen molar-refractivity contribution < 1.29 is 35.9 Å². The Hall–Kier alpha value is -1.08. The highest BCUT2D eigenvalue weighted by Crippen LogP contribution is 2.42. The number of alkyl halides is 6. The van der Waals surface area contributed by atoms with Crippen molar-refractivity contribution in [3.05, 3.63) is 0 Å². The average molecular weight is 292 g/mol. The summed E-state index contributed by atoms with van der Waals surface area (Å²) in [6, 6.07) is 0. The number of halogens is 6. The van der Waals surface area contributed by atoms with E-state index in [2.05, 4.69) is 0 Å². The largest absolute Gasteiger partial charge is 0.400 e. The van der Waals surface area contributed by atoms with Gasteiger partial charge in [0.25, 0.3) is 0 Å². The zero-order valence-corrected chi connectivity index (χ0v) is 10.8. The second-order valence-electron chi connectivity index (χ2n) is 5.27. The van der Waals surface area contributed by atoms with Crippen LogP contribution < -0.4 is 0 Å². The number of hydrogen-bond acceptors (Lipinski definition) is 2. The van der Waals surface area contributed by atoms with Crippen molar-refractivity contribution in [2.24, 2.45) is 10.8 Å². The van der Waals surface area contributed by atoms with Crippen molar-refractivity contribution in [3.8, 4) is 0 Å². The number of carbonyl (C=O) groups is 2. The van der Waals surface area contributed by atoms with Crippen LogP contribution in [0.25, 0.3) is 0 Å². The Balaban J connectivity index is 5.11. The number of rotatable bonds is 4. The van der Waals surface area contributed by atoms with Crippen molar-refractivity contribution >= 4 is 11.6 Å². The summed E-state index contributed by atoms with van der Waals surface area (Å²) in [5.41, 5.74) is -5.71. The molecule has 0 aromatic carbocycles. The summed E-state index contributed by atoms with van der Waals surface area (Å²) < 4.78 is 75.1. The Labute approximate surface area is 106 Å². The van der Waals surface area contributed by atoms with Gasteiger partial charge in [-0.1, -0.05) is 0 Å². The van der Waals surface area contributed by atoms with Gasteiger partial charge in [0.05, 0.1) is 6.42 Å². The highest BCUT2D eigenvalue weighted by molar-refractivity contribution is 6.04. The second-order valence-corrected chi connectivity index (χ2v) is 5.27. The minimum absolute atomic E-state index is 0.531. The van der Waals surface area contributed by atoms with E-state index in [0.717, 1.165) is 0 Å². The van der Waals surface area contributed by atoms with Crippen LogP contribution in [0.5, 0.6) is 0 Å². The van der Waals surface area contributed by atoms with Crippen LogP contribution in [-0.2, 0) is 9.59 Å². The van der Waals surface area contributed by atoms with Crippen molar-refractivity contribution in [1.29, 1.82) is 0 Å². The van der Waals surface area contributed by atoms with Crippen LogP contribution in [0.15, 0.2) is 0 Å². The Bertz CT molecular complexity index is 340. The van der Waals surface area contributed by atoms with Gasteiger partial charge in [-0.3, -0.25) is 9.59 Å². The van der Waals surface area contributed by atoms with Crippen LogP contribution in [0.1, 0.15) is 34.1 Å². The third kappa shape index (κ3) is 3.48. The summed E-state index contributed by atoms with van der Waals surface area (Å²) in [7, 11) is 0. The lowest BCUT2D eigenvalue weighted by atomic mass is 9.79. The third-order valence-corrected chi connectivity index (χ3v) is 3.13. The molecule has 19 heavy (non-hydrogen) atoms. The van der Waals surface area contributed by atoms with Gasteiger partial charge in [-0.05, 0) is 27.7 Å². The number of Topliss-reactive ketones (excluding diaryl/α,β-unsaturated/α-hetero) is 2. The standard InChI is InChI=1S/C11H14F6O2/c1-8(2,10(12,13)14)6(18)5-7(19)9(3,4)11(15,16)17/h5H2,1-4H3. The SMILES string of the molecule is CC(C)(C(=O)CC(=O)C(C)(C)C(F)(F)F)C(F)(F)F. The summed E-state index contributed by atoms with van der Waals surface area (Å²) in [6.07, 6.45) is -11.3. The Morgan fingerprint density at radius 2 is 0.895 bits per heavy atom. The molecule has 0 amide bonds. The van der Waals surface area contributed by atoms with Crippen molar-refractivity contribution in [3.63, 3.8) is 0 Å². The summed E-state index contributed by atoms with van der Waals surface area (Å²) >= 11 is 0. The normalized spacial score (nSPS) is 14.4. The van der Waals surface area contributed by atoms with Crippen molar-refractivity contribution in [2.75, 3.05) is 0 Å². The van der Waals surface area contributed by atoms with Gasteiger partial charge in [-0.15, -0.1) is 0 Å². The molecule has 8 heteroatoms. The van der Waals surface area contributed by atoms with Crippen LogP contribution in [0, 0.1) is 10.8 Å². The van der Waals surface area contributed by atoms with E-state index >= 15 is 0 Å². The highest BCUT2D eigenvalue weighted by Gasteiger charge is 2.56. The van der Waals surface area contributed by atoms with Gasteiger partial charge in [0, 0.05) is 0 Å². The lowest BCUT2D eigenvalue weighted by molar-refractivity contribution is -0.215. The molecule has 0 bridgehead atoms. The van der Waals surface area contributed by atoms with Gasteiger partial charge < -0.3 is 0 Å². The first-order valence-electron chi connectivity index (χ1n) is 5.25. The summed E-state index contributed by atoms with van der Waals surface area (Å²) in [5.74, 6) is -3.16. The van der Waals surface area contributed by atoms with E-state index in [9.17, 15) is 35.9 Å². The predicted octanol–water partition coefficient (Wildman–Crippen LogP) is 3.69. The van der Waals surface area contributed by atoms with E-state index < -0.39 is 41.2 Å². The maximum atomic E-state index is 12.5.